The predicted octanol–water partition coefficient (Wildman–Crippen LogP) is 0.676. The molecular weight excluding hydrogens is 582 g/mol. The lowest BCUT2D eigenvalue weighted by atomic mass is 10.0. The van der Waals surface area contributed by atoms with E-state index in [4.69, 9.17) is 24.5 Å². The molecule has 16 nitrogen and oxygen atoms in total. The first kappa shape index (κ1) is 33.0. The Morgan fingerprint density at radius 1 is 0.909 bits per heavy atom. The molecule has 44 heavy (non-hydrogen) atoms. The van der Waals surface area contributed by atoms with Crippen LogP contribution in [0.4, 0.5) is 11.5 Å². The highest BCUT2D eigenvalue weighted by atomic mass is 16.6. The summed E-state index contributed by atoms with van der Waals surface area (Å²) < 4.78 is 8.40. The van der Waals surface area contributed by atoms with E-state index in [0.717, 1.165) is 30.3 Å². The van der Waals surface area contributed by atoms with Gasteiger partial charge in [0.15, 0.2) is 0 Å². The number of hydrogen-bond acceptors (Lipinski definition) is 11. The van der Waals surface area contributed by atoms with Crippen LogP contribution in [0.5, 0.6) is 11.5 Å². The second kappa shape index (κ2) is 14.6. The number of non-ortho nitro benzene ring substituents is 1. The normalized spacial score (nSPS) is 13.0. The number of benzene rings is 2. The maximum atomic E-state index is 13.1. The maximum Gasteiger partial charge on any atom is 0.414 e. The third-order valence-electron chi connectivity index (χ3n) is 6.82. The Morgan fingerprint density at radius 3 is 2.14 bits per heavy atom. The van der Waals surface area contributed by atoms with Crippen molar-refractivity contribution in [3.05, 3.63) is 90.6 Å². The average molecular weight is 614 g/mol. The molecule has 2 heterocycles. The Hall–Kier alpha value is -5.51. The summed E-state index contributed by atoms with van der Waals surface area (Å²) in [6.45, 7) is 3.78. The zero-order chi connectivity index (χ0) is 32.6. The molecule has 1 saturated heterocycles. The van der Waals surface area contributed by atoms with Gasteiger partial charge in [-0.3, -0.25) is 33.7 Å². The van der Waals surface area contributed by atoms with Crippen molar-refractivity contribution in [2.24, 2.45) is 14.1 Å². The number of carboxylic acid groups (broad SMARTS) is 2. The highest BCUT2D eigenvalue weighted by Gasteiger charge is 2.23. The summed E-state index contributed by atoms with van der Waals surface area (Å²) in [5.41, 5.74) is -0.908. The van der Waals surface area contributed by atoms with Crippen molar-refractivity contribution in [2.45, 2.75) is 6.42 Å². The molecule has 0 bridgehead atoms. The van der Waals surface area contributed by atoms with Crippen LogP contribution in [0.25, 0.3) is 0 Å². The Balaban J connectivity index is 0.000000801. The fraction of sp³-hybridized carbons (Fsp3) is 0.321. The molecule has 0 radical (unpaired) electrons. The summed E-state index contributed by atoms with van der Waals surface area (Å²) in [5, 5.41) is 36.1. The molecule has 0 unspecified atom stereocenters. The number of ether oxygens (including phenoxy) is 1. The van der Waals surface area contributed by atoms with Crippen LogP contribution in [-0.4, -0.2) is 91.3 Å². The molecule has 2 aromatic carbocycles. The number of nitrogens with zero attached hydrogens (tertiary/aromatic N) is 5. The van der Waals surface area contributed by atoms with Crippen molar-refractivity contribution >= 4 is 29.2 Å². The minimum absolute atomic E-state index is 0.00827. The summed E-state index contributed by atoms with van der Waals surface area (Å²) in [6, 6.07) is 11.3. The van der Waals surface area contributed by atoms with Gasteiger partial charge in [0, 0.05) is 65.0 Å². The van der Waals surface area contributed by atoms with Crippen LogP contribution >= 0.6 is 0 Å². The smallest absolute Gasteiger partial charge is 0.414 e. The van der Waals surface area contributed by atoms with Gasteiger partial charge >= 0.3 is 17.6 Å². The maximum absolute atomic E-state index is 13.1. The van der Waals surface area contributed by atoms with E-state index in [1.807, 2.05) is 4.90 Å². The number of hydrogen-bond donors (Lipinski definition) is 3. The van der Waals surface area contributed by atoms with Crippen LogP contribution in [0.3, 0.4) is 0 Å². The Kier molecular flexibility index (Phi) is 10.9. The van der Waals surface area contributed by atoms with Gasteiger partial charge in [0.05, 0.1) is 22.7 Å². The van der Waals surface area contributed by atoms with Gasteiger partial charge in [-0.1, -0.05) is 12.1 Å². The molecular formula is C28H31N5O11. The quantitative estimate of drug-likeness (QED) is 0.0996. The zero-order valence-corrected chi connectivity index (χ0v) is 23.9. The molecule has 0 aliphatic carbocycles. The number of nitro benzene ring substituents is 1. The molecule has 3 aromatic rings. The lowest BCUT2D eigenvalue weighted by Gasteiger charge is -2.36. The number of para-hydroxylation sites is 1. The van der Waals surface area contributed by atoms with Crippen molar-refractivity contribution in [3.63, 3.8) is 0 Å². The number of carbonyl (C=O) groups is 3. The number of aliphatic carboxylic acids is 2. The molecule has 16 heteroatoms. The molecule has 0 spiro atoms. The standard InChI is InChI=1S/C26H29N5O7.C2H2O4/c1-27-23(17-24(33)28(2)26(27)35)30-13-11-29(12-14-30)10-5-15-38-22-9-8-18(31(36)37)16-20(22)25(34)19-6-3-4-7-21(19)32;3-1(4)2(5)6/h3-4,6-9,16-17,32H,5,10-15H2,1-2H3;(H,3,4)(H,5,6). The Morgan fingerprint density at radius 2 is 1.55 bits per heavy atom. The van der Waals surface area contributed by atoms with E-state index in [-0.39, 0.29) is 46.2 Å². The van der Waals surface area contributed by atoms with Gasteiger partial charge in [0.2, 0.25) is 5.78 Å². The van der Waals surface area contributed by atoms with Crippen molar-refractivity contribution in [3.8, 4) is 11.5 Å². The third-order valence-corrected chi connectivity index (χ3v) is 6.82. The Bertz CT molecular complexity index is 1660. The number of aromatic nitrogens is 2. The van der Waals surface area contributed by atoms with Crippen LogP contribution in [-0.2, 0) is 23.7 Å². The molecule has 0 saturated carbocycles. The highest BCUT2D eigenvalue weighted by Crippen LogP contribution is 2.29. The summed E-state index contributed by atoms with van der Waals surface area (Å²) in [6.07, 6.45) is 0.644. The summed E-state index contributed by atoms with van der Waals surface area (Å²) >= 11 is 0. The summed E-state index contributed by atoms with van der Waals surface area (Å²) in [7, 11) is 3.10. The number of carbonyl (C=O) groups excluding carboxylic acids is 1. The average Bonchev–Trinajstić information content (AvgIpc) is 3.00. The van der Waals surface area contributed by atoms with Crippen molar-refractivity contribution in [1.29, 1.82) is 0 Å². The van der Waals surface area contributed by atoms with Gasteiger partial charge in [-0.25, -0.2) is 14.4 Å². The van der Waals surface area contributed by atoms with Gasteiger partial charge in [0.1, 0.15) is 17.3 Å². The number of piperazine rings is 1. The van der Waals surface area contributed by atoms with E-state index in [9.17, 15) is 29.6 Å². The number of anilines is 1. The van der Waals surface area contributed by atoms with Gasteiger partial charge < -0.3 is 25.0 Å². The minimum atomic E-state index is -1.82. The first-order valence-corrected chi connectivity index (χ1v) is 13.3. The number of phenolic OH excluding ortho intramolecular Hbond substituents is 1. The number of phenols is 1. The lowest BCUT2D eigenvalue weighted by Crippen LogP contribution is -2.49. The number of nitro groups is 1. The SMILES string of the molecule is Cn1c(N2CCN(CCCOc3ccc([N+](=O)[O-])cc3C(=O)c3ccccc3O)CC2)cc(=O)n(C)c1=O.O=C(O)C(=O)O. The van der Waals surface area contributed by atoms with Gasteiger partial charge in [-0.15, -0.1) is 0 Å². The molecule has 3 N–H and O–H groups in total. The highest BCUT2D eigenvalue weighted by molar-refractivity contribution is 6.27. The first-order chi connectivity index (χ1) is 20.8. The Labute approximate surface area is 249 Å². The third kappa shape index (κ3) is 8.07. The van der Waals surface area contributed by atoms with Gasteiger partial charge in [0.25, 0.3) is 11.2 Å². The fourth-order valence-electron chi connectivity index (χ4n) is 4.44. The van der Waals surface area contributed by atoms with E-state index >= 15 is 0 Å². The molecule has 0 amide bonds. The lowest BCUT2D eigenvalue weighted by molar-refractivity contribution is -0.384. The van der Waals surface area contributed by atoms with Crippen molar-refractivity contribution in [1.82, 2.24) is 14.0 Å². The van der Waals surface area contributed by atoms with E-state index in [1.165, 1.54) is 41.9 Å². The van der Waals surface area contributed by atoms with E-state index in [0.29, 0.717) is 25.3 Å². The molecule has 1 aliphatic heterocycles. The summed E-state index contributed by atoms with van der Waals surface area (Å²) in [5.74, 6) is -3.63. The minimum Gasteiger partial charge on any atom is -0.507 e. The molecule has 1 fully saturated rings. The fourth-order valence-corrected chi connectivity index (χ4v) is 4.44. The topological polar surface area (TPSA) is 215 Å². The predicted molar refractivity (Wildman–Crippen MR) is 156 cm³/mol. The van der Waals surface area contributed by atoms with E-state index in [2.05, 4.69) is 4.90 Å². The van der Waals surface area contributed by atoms with Crippen LogP contribution in [0.15, 0.2) is 58.1 Å². The second-order valence-electron chi connectivity index (χ2n) is 9.67. The van der Waals surface area contributed by atoms with Crippen LogP contribution < -0.4 is 20.9 Å². The molecule has 1 aliphatic rings. The van der Waals surface area contributed by atoms with Crippen molar-refractivity contribution in [2.75, 3.05) is 44.2 Å². The number of rotatable bonds is 9. The molecule has 234 valence electrons. The van der Waals surface area contributed by atoms with Gasteiger partial charge in [-0.05, 0) is 24.6 Å². The molecule has 0 atom stereocenters. The zero-order valence-electron chi connectivity index (χ0n) is 23.9. The van der Waals surface area contributed by atoms with Crippen molar-refractivity contribution < 1.29 is 39.4 Å². The number of ketones is 1. The van der Waals surface area contributed by atoms with Crippen LogP contribution in [0, 0.1) is 10.1 Å². The largest absolute Gasteiger partial charge is 0.507 e. The number of carboxylic acids is 2. The second-order valence-corrected chi connectivity index (χ2v) is 9.67. The van der Waals surface area contributed by atoms with E-state index in [1.54, 1.807) is 19.2 Å². The number of aromatic hydroxyl groups is 1. The van der Waals surface area contributed by atoms with Crippen LogP contribution in [0.1, 0.15) is 22.3 Å². The monoisotopic (exact) mass is 613 g/mol. The van der Waals surface area contributed by atoms with Gasteiger partial charge in [-0.2, -0.15) is 0 Å². The molecule has 1 aromatic heterocycles. The first-order valence-electron chi connectivity index (χ1n) is 13.3. The van der Waals surface area contributed by atoms with E-state index < -0.39 is 22.6 Å². The summed E-state index contributed by atoms with van der Waals surface area (Å²) in [4.78, 5) is 70.5. The molecule has 4 rings (SSSR count). The van der Waals surface area contributed by atoms with Crippen LogP contribution in [0.2, 0.25) is 0 Å².